The van der Waals surface area contributed by atoms with Gasteiger partial charge in [0.2, 0.25) is 0 Å². The highest BCUT2D eigenvalue weighted by Gasteiger charge is 2.32. The zero-order valence-corrected chi connectivity index (χ0v) is 10.8. The van der Waals surface area contributed by atoms with Gasteiger partial charge in [-0.2, -0.15) is 0 Å². The number of aromatic nitrogens is 2. The zero-order chi connectivity index (χ0) is 14.9. The van der Waals surface area contributed by atoms with E-state index in [2.05, 4.69) is 20.0 Å². The number of nitrogens with one attached hydrogen (secondary N) is 2. The van der Waals surface area contributed by atoms with Gasteiger partial charge >= 0.3 is 6.36 Å². The molecule has 2 aromatic rings. The highest BCUT2D eigenvalue weighted by molar-refractivity contribution is 5.90. The Morgan fingerprint density at radius 1 is 1.38 bits per heavy atom. The van der Waals surface area contributed by atoms with E-state index in [4.69, 9.17) is 0 Å². The topological polar surface area (TPSA) is 49.9 Å². The van der Waals surface area contributed by atoms with E-state index in [9.17, 15) is 13.2 Å². The number of allylic oxidation sites excluding steroid dienone is 1. The average molecular weight is 295 g/mol. The number of halogens is 3. The summed E-state index contributed by atoms with van der Waals surface area (Å²) >= 11 is 0. The molecule has 2 N–H and O–H groups in total. The second-order valence-corrected chi connectivity index (χ2v) is 4.58. The predicted molar refractivity (Wildman–Crippen MR) is 72.5 cm³/mol. The molecule has 4 nitrogen and oxygen atoms in total. The first-order chi connectivity index (χ1) is 10.0. The molecule has 1 aliphatic rings. The van der Waals surface area contributed by atoms with E-state index >= 15 is 0 Å². The lowest BCUT2D eigenvalue weighted by Crippen LogP contribution is -2.23. The van der Waals surface area contributed by atoms with Crippen molar-refractivity contribution in [3.63, 3.8) is 0 Å². The van der Waals surface area contributed by atoms with Crippen LogP contribution in [0.15, 0.2) is 48.5 Å². The Morgan fingerprint density at radius 2 is 2.24 bits per heavy atom. The van der Waals surface area contributed by atoms with Crippen molar-refractivity contribution in [2.45, 2.75) is 18.9 Å². The lowest BCUT2D eigenvalue weighted by molar-refractivity contribution is -0.336. The molecule has 0 aliphatic heterocycles. The Hall–Kier alpha value is -2.28. The Bertz CT molecular complexity index is 703. The van der Waals surface area contributed by atoms with Gasteiger partial charge in [0.05, 0.1) is 11.8 Å². The molecule has 3 rings (SSSR count). The standard InChI is InChI=1S/C14H12F3N3O/c15-14(16,17)21-10-5-3-9(4-6-10)20-12-8-19-13-11(12)2-1-7-18-13/h1-5,7-8,10,20H,6H2,(H,18,19). The van der Waals surface area contributed by atoms with Gasteiger partial charge in [-0.1, -0.05) is 12.2 Å². The lowest BCUT2D eigenvalue weighted by Gasteiger charge is -2.18. The molecule has 0 saturated heterocycles. The largest absolute Gasteiger partial charge is 0.523 e. The number of rotatable bonds is 3. The van der Waals surface area contributed by atoms with Gasteiger partial charge < -0.3 is 10.3 Å². The van der Waals surface area contributed by atoms with Crippen LogP contribution in [-0.4, -0.2) is 22.4 Å². The Labute approximate surface area is 118 Å². The predicted octanol–water partition coefficient (Wildman–Crippen LogP) is 3.72. The number of pyridine rings is 1. The summed E-state index contributed by atoms with van der Waals surface area (Å²) in [6.45, 7) is 0. The van der Waals surface area contributed by atoms with Gasteiger partial charge in [0.25, 0.3) is 0 Å². The van der Waals surface area contributed by atoms with Crippen molar-refractivity contribution in [3.8, 4) is 0 Å². The Morgan fingerprint density at radius 3 is 2.95 bits per heavy atom. The molecule has 1 aliphatic carbocycles. The number of fused-ring (bicyclic) bond motifs is 1. The zero-order valence-electron chi connectivity index (χ0n) is 10.8. The van der Waals surface area contributed by atoms with Crippen LogP contribution in [0.25, 0.3) is 11.0 Å². The maximum atomic E-state index is 12.1. The monoisotopic (exact) mass is 295 g/mol. The minimum atomic E-state index is -4.61. The maximum Gasteiger partial charge on any atom is 0.523 e. The quantitative estimate of drug-likeness (QED) is 0.907. The molecule has 110 valence electrons. The van der Waals surface area contributed by atoms with Crippen molar-refractivity contribution in [2.75, 3.05) is 5.32 Å². The molecule has 2 heterocycles. The Kier molecular flexibility index (Phi) is 3.42. The summed E-state index contributed by atoms with van der Waals surface area (Å²) in [5.74, 6) is 0. The van der Waals surface area contributed by atoms with Gasteiger partial charge in [-0.3, -0.25) is 4.74 Å². The van der Waals surface area contributed by atoms with E-state index in [-0.39, 0.29) is 6.42 Å². The number of H-pyrrole nitrogens is 1. The van der Waals surface area contributed by atoms with Gasteiger partial charge in [-0.15, -0.1) is 13.2 Å². The van der Waals surface area contributed by atoms with E-state index in [0.717, 1.165) is 22.4 Å². The van der Waals surface area contributed by atoms with Crippen LogP contribution in [0.4, 0.5) is 18.9 Å². The summed E-state index contributed by atoms with van der Waals surface area (Å²) < 4.78 is 40.3. The average Bonchev–Trinajstić information content (AvgIpc) is 2.83. The smallest absolute Gasteiger partial charge is 0.354 e. The minimum Gasteiger partial charge on any atom is -0.354 e. The van der Waals surface area contributed by atoms with Gasteiger partial charge in [0.1, 0.15) is 5.65 Å². The SMILES string of the molecule is FC(F)(F)OC1C=CC(Nc2c[nH]c3ncccc23)=CC1. The highest BCUT2D eigenvalue weighted by Crippen LogP contribution is 2.26. The number of hydrogen-bond donors (Lipinski definition) is 2. The molecular weight excluding hydrogens is 283 g/mol. The molecular formula is C14H12F3N3O. The Balaban J connectivity index is 1.69. The molecule has 21 heavy (non-hydrogen) atoms. The van der Waals surface area contributed by atoms with E-state index in [1.54, 1.807) is 24.5 Å². The summed E-state index contributed by atoms with van der Waals surface area (Å²) in [5.41, 5.74) is 2.30. The van der Waals surface area contributed by atoms with Crippen LogP contribution in [0.5, 0.6) is 0 Å². The van der Waals surface area contributed by atoms with Crippen molar-refractivity contribution in [1.29, 1.82) is 0 Å². The van der Waals surface area contributed by atoms with Crippen LogP contribution in [0.3, 0.4) is 0 Å². The summed E-state index contributed by atoms with van der Waals surface area (Å²) in [7, 11) is 0. The molecule has 0 amide bonds. The summed E-state index contributed by atoms with van der Waals surface area (Å²) in [6.07, 6.45) is 2.67. The van der Waals surface area contributed by atoms with Crippen molar-refractivity contribution in [1.82, 2.24) is 9.97 Å². The molecule has 0 saturated carbocycles. The number of nitrogens with zero attached hydrogens (tertiary/aromatic N) is 1. The number of alkyl halides is 3. The molecule has 1 unspecified atom stereocenters. The fraction of sp³-hybridized carbons (Fsp3) is 0.214. The van der Waals surface area contributed by atoms with E-state index < -0.39 is 12.5 Å². The first-order valence-electron chi connectivity index (χ1n) is 6.33. The summed E-state index contributed by atoms with van der Waals surface area (Å²) in [4.78, 5) is 7.19. The first-order valence-corrected chi connectivity index (χ1v) is 6.33. The van der Waals surface area contributed by atoms with Crippen LogP contribution in [0.1, 0.15) is 6.42 Å². The second kappa shape index (κ2) is 5.25. The fourth-order valence-electron chi connectivity index (χ4n) is 2.17. The highest BCUT2D eigenvalue weighted by atomic mass is 19.4. The van der Waals surface area contributed by atoms with Crippen molar-refractivity contribution in [3.05, 3.63) is 48.5 Å². The van der Waals surface area contributed by atoms with Crippen LogP contribution >= 0.6 is 0 Å². The first kappa shape index (κ1) is 13.7. The molecule has 0 aromatic carbocycles. The number of anilines is 1. The van der Waals surface area contributed by atoms with Gasteiger partial charge in [0.15, 0.2) is 0 Å². The maximum absolute atomic E-state index is 12.1. The van der Waals surface area contributed by atoms with Crippen molar-refractivity contribution in [2.24, 2.45) is 0 Å². The molecule has 1 atom stereocenters. The third-order valence-corrected chi connectivity index (χ3v) is 3.08. The van der Waals surface area contributed by atoms with Crippen LogP contribution in [0.2, 0.25) is 0 Å². The van der Waals surface area contributed by atoms with Crippen LogP contribution in [-0.2, 0) is 4.74 Å². The number of hydrogen-bond acceptors (Lipinski definition) is 3. The van der Waals surface area contributed by atoms with Crippen molar-refractivity contribution >= 4 is 16.7 Å². The van der Waals surface area contributed by atoms with Crippen LogP contribution in [0, 0.1) is 0 Å². The minimum absolute atomic E-state index is 0.166. The molecule has 0 fully saturated rings. The van der Waals surface area contributed by atoms with E-state index in [0.29, 0.717) is 0 Å². The number of ether oxygens (including phenoxy) is 1. The number of aromatic amines is 1. The lowest BCUT2D eigenvalue weighted by atomic mass is 10.1. The summed E-state index contributed by atoms with van der Waals surface area (Å²) in [6, 6.07) is 3.73. The summed E-state index contributed by atoms with van der Waals surface area (Å²) in [5, 5.41) is 4.07. The fourth-order valence-corrected chi connectivity index (χ4v) is 2.17. The van der Waals surface area contributed by atoms with Gasteiger partial charge in [-0.05, 0) is 24.6 Å². The normalized spacial score (nSPS) is 18.8. The molecule has 0 spiro atoms. The second-order valence-electron chi connectivity index (χ2n) is 4.58. The molecule has 7 heteroatoms. The van der Waals surface area contributed by atoms with E-state index in [1.165, 1.54) is 6.08 Å². The molecule has 2 aromatic heterocycles. The molecule has 0 bridgehead atoms. The van der Waals surface area contributed by atoms with Gasteiger partial charge in [-0.25, -0.2) is 4.98 Å². The van der Waals surface area contributed by atoms with E-state index in [1.807, 2.05) is 12.1 Å². The third-order valence-electron chi connectivity index (χ3n) is 3.08. The third kappa shape index (κ3) is 3.25. The van der Waals surface area contributed by atoms with Gasteiger partial charge in [0, 0.05) is 23.5 Å². The van der Waals surface area contributed by atoms with Crippen LogP contribution < -0.4 is 5.32 Å². The molecule has 0 radical (unpaired) electrons. The van der Waals surface area contributed by atoms with Crippen molar-refractivity contribution < 1.29 is 17.9 Å².